The quantitative estimate of drug-likeness (QED) is 0.461. The van der Waals surface area contributed by atoms with Gasteiger partial charge >= 0.3 is 5.97 Å². The molecule has 1 heterocycles. The van der Waals surface area contributed by atoms with Crippen molar-refractivity contribution >= 4 is 11.7 Å². The Morgan fingerprint density at radius 3 is 3.00 bits per heavy atom. The van der Waals surface area contributed by atoms with Crippen LogP contribution in [0.5, 0.6) is 0 Å². The van der Waals surface area contributed by atoms with Crippen molar-refractivity contribution in [2.24, 2.45) is 22.9 Å². The summed E-state index contributed by atoms with van der Waals surface area (Å²) in [6.07, 6.45) is 4.32. The van der Waals surface area contributed by atoms with E-state index in [4.69, 9.17) is 9.47 Å². The molecule has 18 heavy (non-hydrogen) atoms. The minimum absolute atomic E-state index is 0.0478. The molecule has 5 heteroatoms. The van der Waals surface area contributed by atoms with Gasteiger partial charge < -0.3 is 14.7 Å². The lowest BCUT2D eigenvalue weighted by atomic mass is 9.80. The Morgan fingerprint density at radius 2 is 2.28 bits per heavy atom. The third-order valence-electron chi connectivity index (χ3n) is 4.38. The van der Waals surface area contributed by atoms with Gasteiger partial charge in [0, 0.05) is 11.8 Å². The summed E-state index contributed by atoms with van der Waals surface area (Å²) in [5.41, 5.74) is 0.772. The van der Waals surface area contributed by atoms with E-state index in [9.17, 15) is 10.0 Å². The minimum atomic E-state index is -0.249. The third kappa shape index (κ3) is 1.72. The topological polar surface area (TPSA) is 68.1 Å². The number of carbonyl (C=O) groups excluding carboxylic acids is 1. The standard InChI is InChI=1S/C13H19NO4/c1-2-17-13(15)10-9-11(14-16)7-5-3-4-6-8(7)18-12(9)10/h7-10,12,16H,2-6H2,1H3. The monoisotopic (exact) mass is 253 g/mol. The Balaban J connectivity index is 1.77. The van der Waals surface area contributed by atoms with Crippen molar-refractivity contribution in [2.45, 2.75) is 44.8 Å². The summed E-state index contributed by atoms with van der Waals surface area (Å²) in [7, 11) is 0. The maximum absolute atomic E-state index is 11.8. The van der Waals surface area contributed by atoms with Crippen molar-refractivity contribution in [1.29, 1.82) is 0 Å². The van der Waals surface area contributed by atoms with Gasteiger partial charge in [-0.1, -0.05) is 18.0 Å². The summed E-state index contributed by atoms with van der Waals surface area (Å²) in [6, 6.07) is 0. The first kappa shape index (κ1) is 12.0. The van der Waals surface area contributed by atoms with E-state index in [0.717, 1.165) is 31.4 Å². The van der Waals surface area contributed by atoms with Crippen molar-refractivity contribution in [3.8, 4) is 0 Å². The molecule has 1 aliphatic heterocycles. The summed E-state index contributed by atoms with van der Waals surface area (Å²) in [4.78, 5) is 11.8. The summed E-state index contributed by atoms with van der Waals surface area (Å²) < 4.78 is 11.0. The van der Waals surface area contributed by atoms with Gasteiger partial charge in [0.25, 0.3) is 0 Å². The summed E-state index contributed by atoms with van der Waals surface area (Å²) in [6.45, 7) is 2.18. The van der Waals surface area contributed by atoms with Crippen LogP contribution in [0.3, 0.4) is 0 Å². The van der Waals surface area contributed by atoms with Crippen molar-refractivity contribution in [3.63, 3.8) is 0 Å². The SMILES string of the molecule is CCOC(=O)C1C2OC3CCCCC3C(=NO)C21. The molecule has 0 aromatic rings. The van der Waals surface area contributed by atoms with Gasteiger partial charge in [-0.25, -0.2) is 0 Å². The van der Waals surface area contributed by atoms with Gasteiger partial charge in [-0.05, 0) is 19.8 Å². The van der Waals surface area contributed by atoms with Crippen LogP contribution < -0.4 is 0 Å². The first-order valence-electron chi connectivity index (χ1n) is 6.81. The molecule has 0 radical (unpaired) electrons. The number of fused-ring (bicyclic) bond motifs is 2. The second kappa shape index (κ2) is 4.53. The lowest BCUT2D eigenvalue weighted by Gasteiger charge is -2.35. The molecule has 3 fully saturated rings. The largest absolute Gasteiger partial charge is 0.466 e. The van der Waals surface area contributed by atoms with Gasteiger partial charge in [0.05, 0.1) is 30.4 Å². The van der Waals surface area contributed by atoms with Gasteiger partial charge in [0.1, 0.15) is 0 Å². The van der Waals surface area contributed by atoms with E-state index in [2.05, 4.69) is 5.16 Å². The first-order valence-corrected chi connectivity index (χ1v) is 6.81. The van der Waals surface area contributed by atoms with Gasteiger partial charge in [-0.2, -0.15) is 0 Å². The fraction of sp³-hybridized carbons (Fsp3) is 0.846. The molecule has 2 saturated carbocycles. The highest BCUT2D eigenvalue weighted by Crippen LogP contribution is 2.52. The van der Waals surface area contributed by atoms with Crippen LogP contribution in [0.4, 0.5) is 0 Å². The number of rotatable bonds is 2. The Morgan fingerprint density at radius 1 is 1.50 bits per heavy atom. The molecular formula is C13H19NO4. The van der Waals surface area contributed by atoms with Crippen LogP contribution in [0.25, 0.3) is 0 Å². The summed E-state index contributed by atoms with van der Waals surface area (Å²) in [5, 5.41) is 12.7. The lowest BCUT2D eigenvalue weighted by Crippen LogP contribution is -2.40. The van der Waals surface area contributed by atoms with Crippen LogP contribution in [-0.4, -0.2) is 35.7 Å². The van der Waals surface area contributed by atoms with Gasteiger partial charge in [0.15, 0.2) is 0 Å². The fourth-order valence-electron chi connectivity index (χ4n) is 3.51. The normalized spacial score (nSPS) is 44.1. The van der Waals surface area contributed by atoms with Crippen molar-refractivity contribution < 1.29 is 19.5 Å². The molecule has 1 saturated heterocycles. The zero-order chi connectivity index (χ0) is 12.7. The van der Waals surface area contributed by atoms with E-state index in [1.807, 2.05) is 0 Å². The zero-order valence-electron chi connectivity index (χ0n) is 10.5. The maximum Gasteiger partial charge on any atom is 0.312 e. The highest BCUT2D eigenvalue weighted by molar-refractivity contribution is 5.98. The molecule has 1 N–H and O–H groups in total. The molecule has 0 bridgehead atoms. The zero-order valence-corrected chi connectivity index (χ0v) is 10.5. The van der Waals surface area contributed by atoms with Gasteiger partial charge in [-0.15, -0.1) is 0 Å². The molecule has 3 aliphatic rings. The van der Waals surface area contributed by atoms with E-state index in [1.54, 1.807) is 6.92 Å². The average molecular weight is 253 g/mol. The van der Waals surface area contributed by atoms with Crippen LogP contribution in [0, 0.1) is 17.8 Å². The van der Waals surface area contributed by atoms with E-state index in [1.165, 1.54) is 0 Å². The summed E-state index contributed by atoms with van der Waals surface area (Å²) >= 11 is 0. The molecule has 5 unspecified atom stereocenters. The van der Waals surface area contributed by atoms with Crippen LogP contribution in [0.2, 0.25) is 0 Å². The molecule has 0 aromatic heterocycles. The van der Waals surface area contributed by atoms with E-state index in [0.29, 0.717) is 6.61 Å². The highest BCUT2D eigenvalue weighted by Gasteiger charge is 2.65. The van der Waals surface area contributed by atoms with E-state index < -0.39 is 0 Å². The van der Waals surface area contributed by atoms with E-state index in [-0.39, 0.29) is 35.9 Å². The number of nitrogens with zero attached hydrogens (tertiary/aromatic N) is 1. The fourth-order valence-corrected chi connectivity index (χ4v) is 3.51. The second-order valence-electron chi connectivity index (χ2n) is 5.36. The number of hydrogen-bond donors (Lipinski definition) is 1. The lowest BCUT2D eigenvalue weighted by molar-refractivity contribution is -0.146. The molecule has 5 atom stereocenters. The molecule has 2 aliphatic carbocycles. The molecule has 100 valence electrons. The molecule has 3 rings (SSSR count). The van der Waals surface area contributed by atoms with Crippen molar-refractivity contribution in [1.82, 2.24) is 0 Å². The maximum atomic E-state index is 11.8. The van der Waals surface area contributed by atoms with Crippen LogP contribution >= 0.6 is 0 Å². The first-order chi connectivity index (χ1) is 8.77. The van der Waals surface area contributed by atoms with Crippen LogP contribution in [-0.2, 0) is 14.3 Å². The molecule has 0 spiro atoms. The van der Waals surface area contributed by atoms with Crippen molar-refractivity contribution in [2.75, 3.05) is 6.61 Å². The Hall–Kier alpha value is -1.10. The molecule has 5 nitrogen and oxygen atoms in total. The second-order valence-corrected chi connectivity index (χ2v) is 5.36. The van der Waals surface area contributed by atoms with E-state index >= 15 is 0 Å². The number of ether oxygens (including phenoxy) is 2. The van der Waals surface area contributed by atoms with Crippen LogP contribution in [0.15, 0.2) is 5.16 Å². The minimum Gasteiger partial charge on any atom is -0.466 e. The average Bonchev–Trinajstić information content (AvgIpc) is 3.09. The van der Waals surface area contributed by atoms with Crippen LogP contribution in [0.1, 0.15) is 32.6 Å². The Bertz CT molecular complexity index is 381. The number of hydrogen-bond acceptors (Lipinski definition) is 5. The Labute approximate surface area is 106 Å². The molecule has 0 aromatic carbocycles. The van der Waals surface area contributed by atoms with Gasteiger partial charge in [0.2, 0.25) is 0 Å². The number of esters is 1. The van der Waals surface area contributed by atoms with Gasteiger partial charge in [-0.3, -0.25) is 4.79 Å². The Kier molecular flexibility index (Phi) is 3.01. The smallest absolute Gasteiger partial charge is 0.312 e. The molecule has 0 amide bonds. The predicted octanol–water partition coefficient (Wildman–Crippen LogP) is 1.58. The summed E-state index contributed by atoms with van der Waals surface area (Å²) in [5.74, 6) is -0.313. The highest BCUT2D eigenvalue weighted by atomic mass is 16.5. The number of oxime groups is 1. The molecular weight excluding hydrogens is 234 g/mol. The third-order valence-corrected chi connectivity index (χ3v) is 4.38. The number of carbonyl (C=O) groups is 1. The predicted molar refractivity (Wildman–Crippen MR) is 63.5 cm³/mol. The van der Waals surface area contributed by atoms with Crippen molar-refractivity contribution in [3.05, 3.63) is 0 Å².